The molecule has 0 bridgehead atoms. The summed E-state index contributed by atoms with van der Waals surface area (Å²) in [6.07, 6.45) is -0.238. The Bertz CT molecular complexity index is 1270. The molecule has 0 radical (unpaired) electrons. The Hall–Kier alpha value is -4.08. The van der Waals surface area contributed by atoms with Crippen molar-refractivity contribution in [2.75, 3.05) is 20.3 Å². The Morgan fingerprint density at radius 1 is 1.08 bits per heavy atom. The molecule has 36 heavy (non-hydrogen) atoms. The number of aromatic nitrogens is 1. The van der Waals surface area contributed by atoms with Crippen molar-refractivity contribution in [3.63, 3.8) is 0 Å². The van der Waals surface area contributed by atoms with E-state index >= 15 is 0 Å². The Kier molecular flexibility index (Phi) is 7.42. The molecule has 1 atom stereocenters. The fourth-order valence-electron chi connectivity index (χ4n) is 4.00. The number of para-hydroxylation sites is 2. The lowest BCUT2D eigenvalue weighted by molar-refractivity contribution is -0.0512. The van der Waals surface area contributed by atoms with Gasteiger partial charge < -0.3 is 28.3 Å². The standard InChI is InChI=1S/C26H25F2NO7/c1-15-10-19(16(2)29(15)12-18-13-33-21-6-4-5-7-22(21)35-18)20(30)14-34-25(31)17-8-9-23(36-26(27)28)24(11-17)32-3/h4-11,18,26H,12-14H2,1-3H3. The van der Waals surface area contributed by atoms with E-state index in [2.05, 4.69) is 4.74 Å². The molecule has 0 fully saturated rings. The lowest BCUT2D eigenvalue weighted by atomic mass is 10.1. The number of ketones is 1. The van der Waals surface area contributed by atoms with Crippen molar-refractivity contribution in [3.8, 4) is 23.0 Å². The quantitative estimate of drug-likeness (QED) is 0.313. The molecular weight excluding hydrogens is 476 g/mol. The molecule has 10 heteroatoms. The highest BCUT2D eigenvalue weighted by molar-refractivity contribution is 6.00. The minimum atomic E-state index is -3.04. The lowest BCUT2D eigenvalue weighted by Crippen LogP contribution is -2.33. The molecule has 1 aliphatic rings. The first-order chi connectivity index (χ1) is 17.3. The van der Waals surface area contributed by atoms with Crippen LogP contribution in [0.1, 0.15) is 32.1 Å². The van der Waals surface area contributed by atoms with E-state index in [-0.39, 0.29) is 28.9 Å². The Balaban J connectivity index is 1.39. The van der Waals surface area contributed by atoms with E-state index in [1.165, 1.54) is 25.3 Å². The molecule has 190 valence electrons. The van der Waals surface area contributed by atoms with Crippen molar-refractivity contribution in [1.29, 1.82) is 0 Å². The molecule has 1 unspecified atom stereocenters. The average molecular weight is 501 g/mol. The SMILES string of the molecule is COc1cc(C(=O)OCC(=O)c2cc(C)n(CC3COc4ccccc4O3)c2C)ccc1OC(F)F. The fraction of sp³-hybridized carbons (Fsp3) is 0.308. The molecule has 3 aromatic rings. The molecule has 0 aliphatic carbocycles. The van der Waals surface area contributed by atoms with Crippen LogP contribution in [0.3, 0.4) is 0 Å². The molecule has 0 saturated carbocycles. The van der Waals surface area contributed by atoms with Gasteiger partial charge in [-0.15, -0.1) is 0 Å². The number of carbonyl (C=O) groups is 2. The number of benzene rings is 2. The summed E-state index contributed by atoms with van der Waals surface area (Å²) in [6, 6.07) is 12.8. The topological polar surface area (TPSA) is 85.2 Å². The molecular formula is C26H25F2NO7. The lowest BCUT2D eigenvalue weighted by Gasteiger charge is -2.27. The van der Waals surface area contributed by atoms with Gasteiger partial charge in [-0.3, -0.25) is 4.79 Å². The third-order valence-corrected chi connectivity index (χ3v) is 5.78. The first kappa shape index (κ1) is 25.0. The highest BCUT2D eigenvalue weighted by Crippen LogP contribution is 2.32. The van der Waals surface area contributed by atoms with Crippen LogP contribution in [0.25, 0.3) is 0 Å². The maximum Gasteiger partial charge on any atom is 0.387 e. The molecule has 1 aromatic heterocycles. The van der Waals surface area contributed by atoms with Gasteiger partial charge in [-0.05, 0) is 50.2 Å². The number of hydrogen-bond donors (Lipinski definition) is 0. The van der Waals surface area contributed by atoms with E-state index in [0.29, 0.717) is 35.9 Å². The van der Waals surface area contributed by atoms with Crippen molar-refractivity contribution >= 4 is 11.8 Å². The van der Waals surface area contributed by atoms with Crippen LogP contribution in [-0.2, 0) is 11.3 Å². The van der Waals surface area contributed by atoms with Gasteiger partial charge in [0.25, 0.3) is 0 Å². The second-order valence-corrected chi connectivity index (χ2v) is 8.14. The summed E-state index contributed by atoms with van der Waals surface area (Å²) < 4.78 is 53.3. The number of alkyl halides is 2. The van der Waals surface area contributed by atoms with Crippen LogP contribution >= 0.6 is 0 Å². The van der Waals surface area contributed by atoms with Gasteiger partial charge in [-0.1, -0.05) is 12.1 Å². The van der Waals surface area contributed by atoms with Crippen LogP contribution in [0, 0.1) is 13.8 Å². The first-order valence-electron chi connectivity index (χ1n) is 11.1. The van der Waals surface area contributed by atoms with Gasteiger partial charge in [0, 0.05) is 17.0 Å². The number of fused-ring (bicyclic) bond motifs is 1. The summed E-state index contributed by atoms with van der Waals surface area (Å²) in [4.78, 5) is 25.3. The molecule has 0 spiro atoms. The third kappa shape index (κ3) is 5.42. The predicted octanol–water partition coefficient (Wildman–Crippen LogP) is 4.59. The van der Waals surface area contributed by atoms with Gasteiger partial charge in [-0.2, -0.15) is 8.78 Å². The zero-order chi connectivity index (χ0) is 25.8. The molecule has 0 N–H and O–H groups in total. The predicted molar refractivity (Wildman–Crippen MR) is 124 cm³/mol. The number of Topliss-reactive ketones (excluding diaryl/α,β-unsaturated/α-hetero) is 1. The maximum absolute atomic E-state index is 12.8. The largest absolute Gasteiger partial charge is 0.493 e. The number of halogens is 2. The summed E-state index contributed by atoms with van der Waals surface area (Å²) in [5.74, 6) is -0.0884. The van der Waals surface area contributed by atoms with E-state index in [0.717, 1.165) is 5.69 Å². The number of ether oxygens (including phenoxy) is 5. The maximum atomic E-state index is 12.8. The first-order valence-corrected chi connectivity index (χ1v) is 11.1. The summed E-state index contributed by atoms with van der Waals surface area (Å²) in [7, 11) is 1.26. The van der Waals surface area contributed by atoms with Crippen LogP contribution in [0.5, 0.6) is 23.0 Å². The number of esters is 1. The Labute approximate surface area is 206 Å². The van der Waals surface area contributed by atoms with Crippen molar-refractivity contribution in [3.05, 3.63) is 71.0 Å². The molecule has 0 amide bonds. The highest BCUT2D eigenvalue weighted by atomic mass is 19.3. The van der Waals surface area contributed by atoms with Crippen molar-refractivity contribution < 1.29 is 42.1 Å². The molecule has 2 heterocycles. The summed E-state index contributed by atoms with van der Waals surface area (Å²) in [5, 5.41) is 0. The fourth-order valence-corrected chi connectivity index (χ4v) is 4.00. The van der Waals surface area contributed by atoms with E-state index in [1.54, 1.807) is 6.07 Å². The second kappa shape index (κ2) is 10.7. The van der Waals surface area contributed by atoms with Gasteiger partial charge in [-0.25, -0.2) is 4.79 Å². The number of methoxy groups -OCH3 is 1. The summed E-state index contributed by atoms with van der Waals surface area (Å²) in [5.41, 5.74) is 2.02. The van der Waals surface area contributed by atoms with Crippen molar-refractivity contribution in [2.45, 2.75) is 33.1 Å². The van der Waals surface area contributed by atoms with E-state index in [1.807, 2.05) is 42.7 Å². The van der Waals surface area contributed by atoms with Crippen molar-refractivity contribution in [2.24, 2.45) is 0 Å². The van der Waals surface area contributed by atoms with Gasteiger partial charge >= 0.3 is 12.6 Å². The normalized spacial score (nSPS) is 14.4. The molecule has 2 aromatic carbocycles. The Morgan fingerprint density at radius 3 is 2.56 bits per heavy atom. The van der Waals surface area contributed by atoms with E-state index < -0.39 is 19.2 Å². The van der Waals surface area contributed by atoms with Crippen LogP contribution < -0.4 is 18.9 Å². The number of nitrogens with zero attached hydrogens (tertiary/aromatic N) is 1. The Morgan fingerprint density at radius 2 is 1.83 bits per heavy atom. The highest BCUT2D eigenvalue weighted by Gasteiger charge is 2.24. The minimum absolute atomic E-state index is 0.0291. The van der Waals surface area contributed by atoms with E-state index in [4.69, 9.17) is 18.9 Å². The van der Waals surface area contributed by atoms with Crippen LogP contribution in [0.4, 0.5) is 8.78 Å². The number of hydrogen-bond acceptors (Lipinski definition) is 7. The van der Waals surface area contributed by atoms with E-state index in [9.17, 15) is 18.4 Å². The van der Waals surface area contributed by atoms with Gasteiger partial charge in [0.1, 0.15) is 6.61 Å². The molecule has 8 nitrogen and oxygen atoms in total. The number of carbonyl (C=O) groups excluding carboxylic acids is 2. The van der Waals surface area contributed by atoms with Crippen LogP contribution in [0.2, 0.25) is 0 Å². The molecule has 4 rings (SSSR count). The van der Waals surface area contributed by atoms with Crippen LogP contribution in [-0.4, -0.2) is 49.4 Å². The summed E-state index contributed by atoms with van der Waals surface area (Å²) in [6.45, 7) is 1.01. The number of rotatable bonds is 9. The monoisotopic (exact) mass is 501 g/mol. The van der Waals surface area contributed by atoms with Gasteiger partial charge in [0.15, 0.2) is 35.7 Å². The zero-order valence-corrected chi connectivity index (χ0v) is 20.0. The zero-order valence-electron chi connectivity index (χ0n) is 20.0. The second-order valence-electron chi connectivity index (χ2n) is 8.14. The van der Waals surface area contributed by atoms with Crippen molar-refractivity contribution in [1.82, 2.24) is 4.57 Å². The van der Waals surface area contributed by atoms with Gasteiger partial charge in [0.05, 0.1) is 19.2 Å². The molecule has 0 saturated heterocycles. The third-order valence-electron chi connectivity index (χ3n) is 5.78. The summed E-state index contributed by atoms with van der Waals surface area (Å²) >= 11 is 0. The van der Waals surface area contributed by atoms with Crippen LogP contribution in [0.15, 0.2) is 48.5 Å². The minimum Gasteiger partial charge on any atom is -0.493 e. The van der Waals surface area contributed by atoms with Gasteiger partial charge in [0.2, 0.25) is 5.78 Å². The number of aryl methyl sites for hydroxylation is 1. The smallest absolute Gasteiger partial charge is 0.387 e. The average Bonchev–Trinajstić information content (AvgIpc) is 3.15. The molecule has 1 aliphatic heterocycles.